The lowest BCUT2D eigenvalue weighted by molar-refractivity contribution is -0.384. The molecule has 0 radical (unpaired) electrons. The third-order valence-corrected chi connectivity index (χ3v) is 3.73. The predicted molar refractivity (Wildman–Crippen MR) is 76.4 cm³/mol. The molecular weight excluding hydrogens is 244 g/mol. The van der Waals surface area contributed by atoms with Gasteiger partial charge in [-0.3, -0.25) is 15.0 Å². The lowest BCUT2D eigenvalue weighted by atomic mass is 10.1. The number of anilines is 2. The van der Waals surface area contributed by atoms with Gasteiger partial charge in [0.1, 0.15) is 0 Å². The number of nitrogen functional groups attached to an aromatic ring is 1. The van der Waals surface area contributed by atoms with Gasteiger partial charge in [-0.15, -0.1) is 0 Å². The van der Waals surface area contributed by atoms with Gasteiger partial charge >= 0.3 is 0 Å². The molecule has 1 unspecified atom stereocenters. The second kappa shape index (κ2) is 5.44. The Bertz CT molecular complexity index is 478. The van der Waals surface area contributed by atoms with E-state index in [1.165, 1.54) is 12.1 Å². The van der Waals surface area contributed by atoms with E-state index in [0.29, 0.717) is 11.7 Å². The van der Waals surface area contributed by atoms with Crippen molar-refractivity contribution in [2.75, 3.05) is 36.8 Å². The molecule has 1 aromatic rings. The van der Waals surface area contributed by atoms with E-state index >= 15 is 0 Å². The van der Waals surface area contributed by atoms with Crippen molar-refractivity contribution in [3.05, 3.63) is 28.3 Å². The predicted octanol–water partition coefficient (Wildman–Crippen LogP) is 1.71. The number of piperazine rings is 1. The highest BCUT2D eigenvalue weighted by molar-refractivity contribution is 5.70. The molecule has 1 heterocycles. The molecule has 0 bridgehead atoms. The van der Waals surface area contributed by atoms with Crippen LogP contribution < -0.4 is 10.6 Å². The van der Waals surface area contributed by atoms with E-state index in [1.807, 2.05) is 0 Å². The standard InChI is InChI=1S/C13H20N4O2/c1-3-15-6-7-16(9-10(15)2)13-5-4-11(17(18)19)8-12(13)14/h4-5,8,10H,3,6-7,9,14H2,1-2H3. The van der Waals surface area contributed by atoms with Crippen molar-refractivity contribution in [2.45, 2.75) is 19.9 Å². The van der Waals surface area contributed by atoms with Crippen molar-refractivity contribution in [1.29, 1.82) is 0 Å². The fourth-order valence-electron chi connectivity index (χ4n) is 2.63. The molecular formula is C13H20N4O2. The summed E-state index contributed by atoms with van der Waals surface area (Å²) in [6.45, 7) is 8.19. The molecule has 1 aliphatic heterocycles. The first-order valence-corrected chi connectivity index (χ1v) is 6.55. The number of benzene rings is 1. The van der Waals surface area contributed by atoms with Crippen LogP contribution in [-0.2, 0) is 0 Å². The molecule has 0 amide bonds. The lowest BCUT2D eigenvalue weighted by Crippen LogP contribution is -2.51. The first-order valence-electron chi connectivity index (χ1n) is 6.55. The summed E-state index contributed by atoms with van der Waals surface area (Å²) in [6.07, 6.45) is 0. The van der Waals surface area contributed by atoms with Crippen molar-refractivity contribution >= 4 is 17.1 Å². The van der Waals surface area contributed by atoms with Gasteiger partial charge in [0.05, 0.1) is 16.3 Å². The summed E-state index contributed by atoms with van der Waals surface area (Å²) in [5.74, 6) is 0. The van der Waals surface area contributed by atoms with Crippen molar-refractivity contribution in [1.82, 2.24) is 4.90 Å². The second-order valence-corrected chi connectivity index (χ2v) is 4.92. The Hall–Kier alpha value is -1.82. The average molecular weight is 264 g/mol. The molecule has 2 rings (SSSR count). The maximum absolute atomic E-state index is 10.7. The maximum Gasteiger partial charge on any atom is 0.271 e. The lowest BCUT2D eigenvalue weighted by Gasteiger charge is -2.40. The molecule has 1 aromatic carbocycles. The molecule has 0 aromatic heterocycles. The summed E-state index contributed by atoms with van der Waals surface area (Å²) < 4.78 is 0. The molecule has 0 aliphatic carbocycles. The van der Waals surface area contributed by atoms with Gasteiger partial charge in [0.25, 0.3) is 5.69 Å². The number of nitrogens with two attached hydrogens (primary N) is 1. The minimum Gasteiger partial charge on any atom is -0.397 e. The molecule has 6 nitrogen and oxygen atoms in total. The Morgan fingerprint density at radius 1 is 1.47 bits per heavy atom. The summed E-state index contributed by atoms with van der Waals surface area (Å²) in [4.78, 5) is 14.9. The van der Waals surface area contributed by atoms with Crippen LogP contribution in [0.5, 0.6) is 0 Å². The molecule has 1 atom stereocenters. The SMILES string of the molecule is CCN1CCN(c2ccc([N+](=O)[O-])cc2N)CC1C. The van der Waals surface area contributed by atoms with Crippen LogP contribution in [0, 0.1) is 10.1 Å². The molecule has 6 heteroatoms. The summed E-state index contributed by atoms with van der Waals surface area (Å²) in [5, 5.41) is 10.7. The number of nitro benzene ring substituents is 1. The van der Waals surface area contributed by atoms with Crippen molar-refractivity contribution in [3.63, 3.8) is 0 Å². The monoisotopic (exact) mass is 264 g/mol. The fourth-order valence-corrected chi connectivity index (χ4v) is 2.63. The Balaban J connectivity index is 2.17. The zero-order chi connectivity index (χ0) is 14.0. The first-order chi connectivity index (χ1) is 9.02. The Kier molecular flexibility index (Phi) is 3.90. The summed E-state index contributed by atoms with van der Waals surface area (Å²) in [6, 6.07) is 5.17. The number of nitro groups is 1. The van der Waals surface area contributed by atoms with Gasteiger partial charge in [-0.05, 0) is 19.5 Å². The van der Waals surface area contributed by atoms with Crippen molar-refractivity contribution in [3.8, 4) is 0 Å². The van der Waals surface area contributed by atoms with E-state index in [4.69, 9.17) is 5.73 Å². The summed E-state index contributed by atoms with van der Waals surface area (Å²) in [5.41, 5.74) is 7.36. The number of non-ortho nitro benzene ring substituents is 1. The van der Waals surface area contributed by atoms with Crippen LogP contribution in [0.1, 0.15) is 13.8 Å². The quantitative estimate of drug-likeness (QED) is 0.511. The molecule has 1 saturated heterocycles. The molecule has 104 valence electrons. The summed E-state index contributed by atoms with van der Waals surface area (Å²) >= 11 is 0. The molecule has 2 N–H and O–H groups in total. The number of hydrogen-bond acceptors (Lipinski definition) is 5. The highest BCUT2D eigenvalue weighted by Gasteiger charge is 2.24. The van der Waals surface area contributed by atoms with Crippen LogP contribution in [0.25, 0.3) is 0 Å². The third kappa shape index (κ3) is 2.78. The third-order valence-electron chi connectivity index (χ3n) is 3.73. The van der Waals surface area contributed by atoms with E-state index in [2.05, 4.69) is 23.6 Å². The molecule has 19 heavy (non-hydrogen) atoms. The highest BCUT2D eigenvalue weighted by atomic mass is 16.6. The van der Waals surface area contributed by atoms with Crippen LogP contribution in [0.15, 0.2) is 18.2 Å². The second-order valence-electron chi connectivity index (χ2n) is 4.92. The van der Waals surface area contributed by atoms with Gasteiger partial charge in [-0.1, -0.05) is 6.92 Å². The summed E-state index contributed by atoms with van der Waals surface area (Å²) in [7, 11) is 0. The van der Waals surface area contributed by atoms with Gasteiger partial charge in [0.15, 0.2) is 0 Å². The van der Waals surface area contributed by atoms with E-state index in [-0.39, 0.29) is 5.69 Å². The average Bonchev–Trinajstić information content (AvgIpc) is 2.38. The van der Waals surface area contributed by atoms with Crippen molar-refractivity contribution < 1.29 is 4.92 Å². The number of rotatable bonds is 3. The molecule has 1 aliphatic rings. The van der Waals surface area contributed by atoms with Crippen molar-refractivity contribution in [2.24, 2.45) is 0 Å². The number of likely N-dealkylation sites (N-methyl/N-ethyl adjacent to an activating group) is 1. The van der Waals surface area contributed by atoms with Crippen LogP contribution in [0.2, 0.25) is 0 Å². The van der Waals surface area contributed by atoms with Gasteiger partial charge in [0.2, 0.25) is 0 Å². The fraction of sp³-hybridized carbons (Fsp3) is 0.538. The Morgan fingerprint density at radius 3 is 2.74 bits per heavy atom. The van der Waals surface area contributed by atoms with E-state index in [1.54, 1.807) is 6.07 Å². The van der Waals surface area contributed by atoms with Crippen LogP contribution >= 0.6 is 0 Å². The molecule has 0 saturated carbocycles. The largest absolute Gasteiger partial charge is 0.397 e. The topological polar surface area (TPSA) is 75.6 Å². The van der Waals surface area contributed by atoms with E-state index in [9.17, 15) is 10.1 Å². The van der Waals surface area contributed by atoms with Gasteiger partial charge < -0.3 is 10.6 Å². The smallest absolute Gasteiger partial charge is 0.271 e. The number of nitrogens with zero attached hydrogens (tertiary/aromatic N) is 3. The zero-order valence-corrected chi connectivity index (χ0v) is 11.4. The van der Waals surface area contributed by atoms with E-state index in [0.717, 1.165) is 31.9 Å². The zero-order valence-electron chi connectivity index (χ0n) is 11.4. The minimum absolute atomic E-state index is 0.0430. The Morgan fingerprint density at radius 2 is 2.21 bits per heavy atom. The minimum atomic E-state index is -0.419. The Labute approximate surface area is 112 Å². The van der Waals surface area contributed by atoms with Crippen LogP contribution in [0.3, 0.4) is 0 Å². The van der Waals surface area contributed by atoms with Crippen LogP contribution in [0.4, 0.5) is 17.1 Å². The highest BCUT2D eigenvalue weighted by Crippen LogP contribution is 2.29. The van der Waals surface area contributed by atoms with Gasteiger partial charge in [0, 0.05) is 37.8 Å². The molecule has 0 spiro atoms. The maximum atomic E-state index is 10.7. The first kappa shape index (κ1) is 13.6. The van der Waals surface area contributed by atoms with Gasteiger partial charge in [-0.25, -0.2) is 0 Å². The normalized spacial score (nSPS) is 20.5. The van der Waals surface area contributed by atoms with Crippen LogP contribution in [-0.4, -0.2) is 42.0 Å². The number of hydrogen-bond donors (Lipinski definition) is 1. The van der Waals surface area contributed by atoms with E-state index < -0.39 is 4.92 Å². The molecule has 1 fully saturated rings. The van der Waals surface area contributed by atoms with Gasteiger partial charge in [-0.2, -0.15) is 0 Å².